The second-order valence-corrected chi connectivity index (χ2v) is 14.1. The summed E-state index contributed by atoms with van der Waals surface area (Å²) in [4.78, 5) is 0. The first kappa shape index (κ1) is 22.3. The smallest absolute Gasteiger partial charge is 0.268 e. The minimum atomic E-state index is -3.94. The summed E-state index contributed by atoms with van der Waals surface area (Å²) in [5.41, 5.74) is -0.0709. The van der Waals surface area contributed by atoms with Crippen molar-refractivity contribution >= 4 is 18.0 Å². The van der Waals surface area contributed by atoms with Crippen molar-refractivity contribution in [2.24, 2.45) is 11.8 Å². The molecule has 0 aromatic carbocycles. The first-order valence-corrected chi connectivity index (χ1v) is 11.5. The molecule has 0 saturated carbocycles. The monoisotopic (exact) mass is 352 g/mol. The summed E-state index contributed by atoms with van der Waals surface area (Å²) in [6, 6.07) is 0. The maximum atomic E-state index is 11.6. The summed E-state index contributed by atoms with van der Waals surface area (Å²) in [7, 11) is -4.77. The molecule has 134 valence electrons. The van der Waals surface area contributed by atoms with Gasteiger partial charge in [-0.1, -0.05) is 76.2 Å². The molecular weight excluding hydrogens is 315 g/mol. The zero-order valence-electron chi connectivity index (χ0n) is 15.8. The van der Waals surface area contributed by atoms with E-state index in [1.807, 2.05) is 0 Å². The standard InChI is InChI=1S/C17H37O3PS/c1-14(2)9-11-16(5,6)21(13-22(18,19)20)17(7,8)12-10-15(3)4/h14-15H,9-13H2,1-8H3,(H,18,19,20). The molecule has 22 heavy (non-hydrogen) atoms. The van der Waals surface area contributed by atoms with Gasteiger partial charge in [-0.3, -0.25) is 4.55 Å². The van der Waals surface area contributed by atoms with E-state index in [2.05, 4.69) is 55.4 Å². The molecule has 1 N–H and O–H groups in total. The van der Waals surface area contributed by atoms with Gasteiger partial charge in [0.05, 0.1) is 5.49 Å². The van der Waals surface area contributed by atoms with Crippen LogP contribution in [0, 0.1) is 11.8 Å². The Labute approximate surface area is 140 Å². The van der Waals surface area contributed by atoms with Crippen LogP contribution in [0.25, 0.3) is 0 Å². The minimum Gasteiger partial charge on any atom is -0.285 e. The Bertz CT molecular complexity index is 401. The van der Waals surface area contributed by atoms with Crippen molar-refractivity contribution in [2.75, 3.05) is 5.49 Å². The maximum Gasteiger partial charge on any atom is 0.268 e. The molecule has 0 aliphatic carbocycles. The summed E-state index contributed by atoms with van der Waals surface area (Å²) in [5, 5.41) is -0.0915. The highest BCUT2D eigenvalue weighted by Crippen LogP contribution is 2.63. The van der Waals surface area contributed by atoms with Gasteiger partial charge in [0.25, 0.3) is 10.1 Å². The highest BCUT2D eigenvalue weighted by Gasteiger charge is 2.41. The summed E-state index contributed by atoms with van der Waals surface area (Å²) in [5.74, 6) is 1.22. The third-order valence-corrected chi connectivity index (χ3v) is 10.1. The van der Waals surface area contributed by atoms with Crippen LogP contribution in [0.15, 0.2) is 0 Å². The Balaban J connectivity index is 5.33. The SMILES string of the molecule is CC(C)CCC(C)(C)P(CS(=O)(=O)O)C(C)(C)CCC(C)C. The molecule has 0 radical (unpaired) electrons. The quantitative estimate of drug-likeness (QED) is 0.403. The lowest BCUT2D eigenvalue weighted by Crippen LogP contribution is -2.33. The largest absolute Gasteiger partial charge is 0.285 e. The Morgan fingerprint density at radius 1 is 0.864 bits per heavy atom. The van der Waals surface area contributed by atoms with E-state index in [9.17, 15) is 13.0 Å². The fraction of sp³-hybridized carbons (Fsp3) is 1.00. The Hall–Kier alpha value is 0.340. The number of hydrogen-bond acceptors (Lipinski definition) is 2. The van der Waals surface area contributed by atoms with Crippen LogP contribution in [-0.4, -0.2) is 28.8 Å². The molecule has 0 heterocycles. The van der Waals surface area contributed by atoms with Gasteiger partial charge in [0.2, 0.25) is 0 Å². The maximum absolute atomic E-state index is 11.6. The first-order chi connectivity index (χ1) is 9.67. The van der Waals surface area contributed by atoms with E-state index < -0.39 is 18.0 Å². The Kier molecular flexibility index (Phi) is 8.57. The molecule has 0 amide bonds. The van der Waals surface area contributed by atoms with Crippen LogP contribution >= 0.6 is 7.92 Å². The predicted molar refractivity (Wildman–Crippen MR) is 99.6 cm³/mol. The van der Waals surface area contributed by atoms with Gasteiger partial charge in [-0.15, -0.1) is 0 Å². The fourth-order valence-corrected chi connectivity index (χ4v) is 9.42. The van der Waals surface area contributed by atoms with E-state index in [1.165, 1.54) is 0 Å². The topological polar surface area (TPSA) is 54.4 Å². The molecule has 0 aliphatic rings. The molecule has 0 unspecified atom stereocenters. The molecule has 0 spiro atoms. The highest BCUT2D eigenvalue weighted by atomic mass is 32.2. The lowest BCUT2D eigenvalue weighted by Gasteiger charge is -2.45. The average Bonchev–Trinajstić information content (AvgIpc) is 2.30. The zero-order valence-corrected chi connectivity index (χ0v) is 17.5. The lowest BCUT2D eigenvalue weighted by atomic mass is 9.99. The molecule has 0 fully saturated rings. The van der Waals surface area contributed by atoms with E-state index in [-0.39, 0.29) is 15.8 Å². The van der Waals surface area contributed by atoms with Gasteiger partial charge in [-0.25, -0.2) is 0 Å². The summed E-state index contributed by atoms with van der Waals surface area (Å²) in [6.45, 7) is 17.5. The Morgan fingerprint density at radius 3 is 1.41 bits per heavy atom. The molecule has 0 aromatic heterocycles. The molecular formula is C17H37O3PS. The van der Waals surface area contributed by atoms with Crippen LogP contribution in [0.1, 0.15) is 81.1 Å². The van der Waals surface area contributed by atoms with Gasteiger partial charge in [0.1, 0.15) is 0 Å². The number of hydrogen-bond donors (Lipinski definition) is 1. The van der Waals surface area contributed by atoms with Crippen molar-refractivity contribution in [1.82, 2.24) is 0 Å². The van der Waals surface area contributed by atoms with Gasteiger partial charge in [-0.05, 0) is 35.0 Å². The van der Waals surface area contributed by atoms with E-state index in [0.717, 1.165) is 25.7 Å². The van der Waals surface area contributed by atoms with Crippen molar-refractivity contribution in [3.63, 3.8) is 0 Å². The lowest BCUT2D eigenvalue weighted by molar-refractivity contribution is 0.464. The van der Waals surface area contributed by atoms with Gasteiger partial charge in [0, 0.05) is 0 Å². The molecule has 0 rings (SSSR count). The fourth-order valence-electron chi connectivity index (χ4n) is 2.89. The van der Waals surface area contributed by atoms with Crippen molar-refractivity contribution < 1.29 is 13.0 Å². The summed E-state index contributed by atoms with van der Waals surface area (Å²) < 4.78 is 32.6. The van der Waals surface area contributed by atoms with Crippen molar-refractivity contribution in [3.05, 3.63) is 0 Å². The van der Waals surface area contributed by atoms with Crippen molar-refractivity contribution in [3.8, 4) is 0 Å². The van der Waals surface area contributed by atoms with Gasteiger partial charge in [-0.2, -0.15) is 8.42 Å². The first-order valence-electron chi connectivity index (χ1n) is 8.40. The predicted octanol–water partition coefficient (Wildman–Crippen LogP) is 5.74. The molecule has 5 heteroatoms. The third kappa shape index (κ3) is 8.84. The highest BCUT2D eigenvalue weighted by molar-refractivity contribution is 7.94. The molecule has 0 atom stereocenters. The van der Waals surface area contributed by atoms with Crippen molar-refractivity contribution in [2.45, 2.75) is 91.4 Å². The van der Waals surface area contributed by atoms with Gasteiger partial charge >= 0.3 is 0 Å². The van der Waals surface area contributed by atoms with Crippen LogP contribution in [0.2, 0.25) is 0 Å². The van der Waals surface area contributed by atoms with E-state index in [1.54, 1.807) is 0 Å². The van der Waals surface area contributed by atoms with Gasteiger partial charge < -0.3 is 0 Å². The zero-order chi connectivity index (χ0) is 17.8. The molecule has 0 aromatic rings. The minimum absolute atomic E-state index is 0.0458. The van der Waals surface area contributed by atoms with E-state index in [4.69, 9.17) is 0 Å². The summed E-state index contributed by atoms with van der Waals surface area (Å²) in [6.07, 6.45) is 4.21. The molecule has 0 saturated heterocycles. The Morgan fingerprint density at radius 2 is 1.18 bits per heavy atom. The third-order valence-electron chi connectivity index (χ3n) is 4.42. The van der Waals surface area contributed by atoms with Crippen LogP contribution in [0.5, 0.6) is 0 Å². The van der Waals surface area contributed by atoms with E-state index >= 15 is 0 Å². The normalized spacial score (nSPS) is 14.4. The van der Waals surface area contributed by atoms with Crippen molar-refractivity contribution in [1.29, 1.82) is 0 Å². The van der Waals surface area contributed by atoms with Crippen LogP contribution in [0.3, 0.4) is 0 Å². The number of rotatable bonds is 10. The van der Waals surface area contributed by atoms with Crippen LogP contribution < -0.4 is 0 Å². The second-order valence-electron chi connectivity index (χ2n) is 8.63. The molecule has 3 nitrogen and oxygen atoms in total. The molecule has 0 aliphatic heterocycles. The molecule has 0 bridgehead atoms. The van der Waals surface area contributed by atoms with Gasteiger partial charge in [0.15, 0.2) is 0 Å². The van der Waals surface area contributed by atoms with Crippen LogP contribution in [-0.2, 0) is 10.1 Å². The second kappa shape index (κ2) is 8.44. The van der Waals surface area contributed by atoms with E-state index in [0.29, 0.717) is 11.8 Å². The van der Waals surface area contributed by atoms with Crippen LogP contribution in [0.4, 0.5) is 0 Å². The summed E-state index contributed by atoms with van der Waals surface area (Å²) >= 11 is 0. The average molecular weight is 353 g/mol.